The van der Waals surface area contributed by atoms with E-state index in [1.807, 2.05) is 11.9 Å². The molecule has 0 bridgehead atoms. The van der Waals surface area contributed by atoms with Crippen LogP contribution in [-0.4, -0.2) is 39.2 Å². The highest BCUT2D eigenvalue weighted by molar-refractivity contribution is 7.99. The number of aromatic nitrogens is 2. The Morgan fingerprint density at radius 2 is 2.04 bits per heavy atom. The Morgan fingerprint density at radius 1 is 1.30 bits per heavy atom. The van der Waals surface area contributed by atoms with Gasteiger partial charge >= 0.3 is 0 Å². The number of hydrogen-bond donors (Lipinski definition) is 0. The quantitative estimate of drug-likeness (QED) is 0.576. The van der Waals surface area contributed by atoms with Crippen LogP contribution in [0.25, 0.3) is 10.2 Å². The van der Waals surface area contributed by atoms with Crippen LogP contribution in [-0.2, 0) is 24.7 Å². The van der Waals surface area contributed by atoms with Gasteiger partial charge in [-0.3, -0.25) is 14.2 Å². The maximum absolute atomic E-state index is 12.8. The van der Waals surface area contributed by atoms with Gasteiger partial charge in [-0.1, -0.05) is 18.7 Å². The molecule has 1 amide bonds. The molecular formula is C20H27N3O2S2. The summed E-state index contributed by atoms with van der Waals surface area (Å²) < 4.78 is 1.62. The topological polar surface area (TPSA) is 55.2 Å². The zero-order valence-electron chi connectivity index (χ0n) is 16.3. The summed E-state index contributed by atoms with van der Waals surface area (Å²) in [6.07, 6.45) is 7.77. The van der Waals surface area contributed by atoms with Crippen LogP contribution in [0.5, 0.6) is 0 Å². The SMILES string of the molecule is CC1CCC(N(C)C(=O)CSc2nc3sc4c(c3c(=O)n2C)CCC4)CC1. The van der Waals surface area contributed by atoms with Crippen LogP contribution in [0.2, 0.25) is 0 Å². The molecule has 1 saturated carbocycles. The first kappa shape index (κ1) is 19.0. The summed E-state index contributed by atoms with van der Waals surface area (Å²) in [5.41, 5.74) is 1.24. The molecule has 0 saturated heterocycles. The van der Waals surface area contributed by atoms with Crippen molar-refractivity contribution in [1.29, 1.82) is 0 Å². The number of hydrogen-bond acceptors (Lipinski definition) is 5. The Hall–Kier alpha value is -1.34. The molecule has 4 rings (SSSR count). The van der Waals surface area contributed by atoms with Crippen molar-refractivity contribution >= 4 is 39.2 Å². The minimum atomic E-state index is 0.0315. The van der Waals surface area contributed by atoms with Crippen LogP contribution < -0.4 is 5.56 Å². The maximum Gasteiger partial charge on any atom is 0.262 e. The summed E-state index contributed by atoms with van der Waals surface area (Å²) in [6.45, 7) is 2.29. The average Bonchev–Trinajstić information content (AvgIpc) is 3.24. The van der Waals surface area contributed by atoms with E-state index >= 15 is 0 Å². The molecule has 2 aromatic heterocycles. The lowest BCUT2D eigenvalue weighted by atomic mass is 9.87. The normalized spacial score (nSPS) is 22.2. The second-order valence-corrected chi connectivity index (χ2v) is 10.0. The highest BCUT2D eigenvalue weighted by atomic mass is 32.2. The van der Waals surface area contributed by atoms with Gasteiger partial charge in [-0.15, -0.1) is 11.3 Å². The van der Waals surface area contributed by atoms with Crippen molar-refractivity contribution in [2.45, 2.75) is 63.1 Å². The van der Waals surface area contributed by atoms with Gasteiger partial charge < -0.3 is 4.90 Å². The van der Waals surface area contributed by atoms with Gasteiger partial charge in [-0.2, -0.15) is 0 Å². The highest BCUT2D eigenvalue weighted by Crippen LogP contribution is 2.35. The number of carbonyl (C=O) groups excluding carboxylic acids is 1. The smallest absolute Gasteiger partial charge is 0.262 e. The summed E-state index contributed by atoms with van der Waals surface area (Å²) in [5, 5.41) is 1.45. The van der Waals surface area contributed by atoms with Gasteiger partial charge in [-0.25, -0.2) is 4.98 Å². The molecule has 5 nitrogen and oxygen atoms in total. The molecule has 1 fully saturated rings. The molecule has 2 aliphatic rings. The first-order chi connectivity index (χ1) is 13.0. The predicted octanol–water partition coefficient (Wildman–Crippen LogP) is 3.61. The molecule has 0 spiro atoms. The minimum absolute atomic E-state index is 0.0315. The average molecular weight is 406 g/mol. The van der Waals surface area contributed by atoms with Crippen LogP contribution in [0.15, 0.2) is 9.95 Å². The Morgan fingerprint density at radius 3 is 2.78 bits per heavy atom. The van der Waals surface area contributed by atoms with Gasteiger partial charge in [-0.05, 0) is 56.4 Å². The summed E-state index contributed by atoms with van der Waals surface area (Å²) in [4.78, 5) is 34.3. The molecule has 0 radical (unpaired) electrons. The molecule has 0 unspecified atom stereocenters. The second kappa shape index (κ2) is 7.59. The van der Waals surface area contributed by atoms with Gasteiger partial charge in [0.15, 0.2) is 5.16 Å². The predicted molar refractivity (Wildman–Crippen MR) is 112 cm³/mol. The molecule has 0 aliphatic heterocycles. The zero-order valence-corrected chi connectivity index (χ0v) is 17.9. The Balaban J connectivity index is 1.48. The number of rotatable bonds is 4. The van der Waals surface area contributed by atoms with Crippen molar-refractivity contribution in [2.24, 2.45) is 13.0 Å². The first-order valence-corrected chi connectivity index (χ1v) is 11.7. The van der Waals surface area contributed by atoms with Crippen LogP contribution in [0.4, 0.5) is 0 Å². The lowest BCUT2D eigenvalue weighted by Crippen LogP contribution is -2.40. The number of aryl methyl sites for hydroxylation is 2. The number of thiophene rings is 1. The van der Waals surface area contributed by atoms with Gasteiger partial charge in [0, 0.05) is 25.0 Å². The molecule has 2 heterocycles. The van der Waals surface area contributed by atoms with Gasteiger partial charge in [0.2, 0.25) is 5.91 Å². The van der Waals surface area contributed by atoms with Crippen molar-refractivity contribution in [2.75, 3.05) is 12.8 Å². The second-order valence-electron chi connectivity index (χ2n) is 8.00. The van der Waals surface area contributed by atoms with E-state index in [4.69, 9.17) is 4.98 Å². The number of fused-ring (bicyclic) bond motifs is 3. The maximum atomic E-state index is 12.8. The van der Waals surface area contributed by atoms with Crippen molar-refractivity contribution in [3.8, 4) is 0 Å². The molecule has 27 heavy (non-hydrogen) atoms. The van der Waals surface area contributed by atoms with E-state index in [0.717, 1.165) is 48.2 Å². The third kappa shape index (κ3) is 3.56. The fourth-order valence-corrected chi connectivity index (χ4v) is 6.49. The molecule has 7 heteroatoms. The fourth-order valence-electron chi connectivity index (χ4n) is 4.30. The number of thioether (sulfide) groups is 1. The van der Waals surface area contributed by atoms with Gasteiger partial charge in [0.1, 0.15) is 4.83 Å². The van der Waals surface area contributed by atoms with E-state index in [9.17, 15) is 9.59 Å². The third-order valence-electron chi connectivity index (χ3n) is 6.16. The Labute approximate surface area is 168 Å². The summed E-state index contributed by atoms with van der Waals surface area (Å²) in [7, 11) is 3.69. The number of carbonyl (C=O) groups is 1. The Kier molecular flexibility index (Phi) is 5.34. The fraction of sp³-hybridized carbons (Fsp3) is 0.650. The molecule has 2 aromatic rings. The van der Waals surface area contributed by atoms with Gasteiger partial charge in [0.25, 0.3) is 5.56 Å². The van der Waals surface area contributed by atoms with E-state index in [-0.39, 0.29) is 11.5 Å². The van der Waals surface area contributed by atoms with E-state index in [1.54, 1.807) is 23.0 Å². The lowest BCUT2D eigenvalue weighted by Gasteiger charge is -2.33. The largest absolute Gasteiger partial charge is 0.342 e. The van der Waals surface area contributed by atoms with Crippen molar-refractivity contribution in [3.05, 3.63) is 20.8 Å². The zero-order chi connectivity index (χ0) is 19.1. The van der Waals surface area contributed by atoms with Gasteiger partial charge in [0.05, 0.1) is 11.1 Å². The summed E-state index contributed by atoms with van der Waals surface area (Å²) >= 11 is 3.04. The van der Waals surface area contributed by atoms with E-state index in [2.05, 4.69) is 6.92 Å². The van der Waals surface area contributed by atoms with Crippen molar-refractivity contribution in [3.63, 3.8) is 0 Å². The molecule has 146 valence electrons. The van der Waals surface area contributed by atoms with E-state index in [0.29, 0.717) is 17.0 Å². The molecular weight excluding hydrogens is 378 g/mol. The van der Waals surface area contributed by atoms with Crippen LogP contribution >= 0.6 is 23.1 Å². The molecule has 2 aliphatic carbocycles. The van der Waals surface area contributed by atoms with Crippen LogP contribution in [0.1, 0.15) is 49.5 Å². The number of amides is 1. The Bertz CT molecular complexity index is 925. The minimum Gasteiger partial charge on any atom is -0.342 e. The van der Waals surface area contributed by atoms with Crippen LogP contribution in [0.3, 0.4) is 0 Å². The van der Waals surface area contributed by atoms with Crippen molar-refractivity contribution in [1.82, 2.24) is 14.5 Å². The third-order valence-corrected chi connectivity index (χ3v) is 8.36. The van der Waals surface area contributed by atoms with E-state index < -0.39 is 0 Å². The van der Waals surface area contributed by atoms with Crippen molar-refractivity contribution < 1.29 is 4.79 Å². The molecule has 0 atom stereocenters. The standard InChI is InChI=1S/C20H27N3O2S2/c1-12-7-9-13(10-8-12)22(2)16(24)11-26-20-21-18-17(19(25)23(20)3)14-5-4-6-15(14)27-18/h12-13H,4-11H2,1-3H3. The monoisotopic (exact) mass is 405 g/mol. The first-order valence-electron chi connectivity index (χ1n) is 9.85. The van der Waals surface area contributed by atoms with Crippen LogP contribution in [0, 0.1) is 5.92 Å². The number of nitrogens with zero attached hydrogens (tertiary/aromatic N) is 3. The molecule has 0 aromatic carbocycles. The summed E-state index contributed by atoms with van der Waals surface area (Å²) in [5.74, 6) is 1.24. The van der Waals surface area contributed by atoms with E-state index in [1.165, 1.54) is 35.0 Å². The summed E-state index contributed by atoms with van der Waals surface area (Å²) in [6, 6.07) is 0.355. The lowest BCUT2D eigenvalue weighted by molar-refractivity contribution is -0.129. The molecule has 0 N–H and O–H groups in total. The highest BCUT2D eigenvalue weighted by Gasteiger charge is 2.26.